The van der Waals surface area contributed by atoms with Crippen LogP contribution in [0.2, 0.25) is 0 Å². The van der Waals surface area contributed by atoms with Crippen molar-refractivity contribution < 1.29 is 4.74 Å². The second kappa shape index (κ2) is 4.08. The summed E-state index contributed by atoms with van der Waals surface area (Å²) >= 11 is 0. The van der Waals surface area contributed by atoms with Crippen molar-refractivity contribution in [2.75, 3.05) is 26.1 Å². The molecule has 0 bridgehead atoms. The monoisotopic (exact) mass is 233 g/mol. The Morgan fingerprint density at radius 2 is 2.06 bits per heavy atom. The molecule has 5 nitrogen and oxygen atoms in total. The van der Waals surface area contributed by atoms with Crippen LogP contribution in [0, 0.1) is 0 Å². The largest absolute Gasteiger partial charge is 0.496 e. The quantitative estimate of drug-likeness (QED) is 0.776. The Kier molecular flexibility index (Phi) is 2.75. The van der Waals surface area contributed by atoms with Crippen molar-refractivity contribution >= 4 is 16.9 Å². The molecule has 0 saturated carbocycles. The number of nitrogens with zero attached hydrogens (tertiary/aromatic N) is 3. The number of aryl methyl sites for hydroxylation is 1. The molecule has 0 radical (unpaired) electrons. The zero-order valence-electron chi connectivity index (χ0n) is 10.4. The topological polar surface area (TPSA) is 47.4 Å². The van der Waals surface area contributed by atoms with Crippen molar-refractivity contribution in [1.82, 2.24) is 9.55 Å². The summed E-state index contributed by atoms with van der Waals surface area (Å²) in [6, 6.07) is 5.28. The van der Waals surface area contributed by atoms with Crippen LogP contribution in [-0.4, -0.2) is 30.8 Å². The average molecular weight is 233 g/mol. The van der Waals surface area contributed by atoms with E-state index in [2.05, 4.69) is 4.98 Å². The van der Waals surface area contributed by atoms with E-state index in [1.54, 1.807) is 14.2 Å². The van der Waals surface area contributed by atoms with E-state index in [0.29, 0.717) is 11.4 Å². The third-order valence-electron chi connectivity index (χ3n) is 2.71. The molecule has 90 valence electrons. The highest BCUT2D eigenvalue weighted by molar-refractivity contribution is 5.83. The van der Waals surface area contributed by atoms with Crippen LogP contribution in [-0.2, 0) is 7.05 Å². The maximum Gasteiger partial charge on any atom is 0.255 e. The molecule has 0 spiro atoms. The van der Waals surface area contributed by atoms with Crippen molar-refractivity contribution in [3.05, 3.63) is 28.6 Å². The highest BCUT2D eigenvalue weighted by Crippen LogP contribution is 2.23. The summed E-state index contributed by atoms with van der Waals surface area (Å²) in [4.78, 5) is 18.1. The van der Waals surface area contributed by atoms with Crippen molar-refractivity contribution in [2.24, 2.45) is 7.05 Å². The van der Waals surface area contributed by atoms with E-state index in [0.717, 1.165) is 11.2 Å². The van der Waals surface area contributed by atoms with Gasteiger partial charge >= 0.3 is 0 Å². The molecule has 0 aliphatic carbocycles. The lowest BCUT2D eigenvalue weighted by Crippen LogP contribution is -2.18. The highest BCUT2D eigenvalue weighted by atomic mass is 16.5. The van der Waals surface area contributed by atoms with Gasteiger partial charge in [0.2, 0.25) is 0 Å². The van der Waals surface area contributed by atoms with E-state index in [1.165, 1.54) is 10.6 Å². The molecule has 0 unspecified atom stereocenters. The fraction of sp³-hybridized carbons (Fsp3) is 0.333. The van der Waals surface area contributed by atoms with Crippen molar-refractivity contribution in [1.29, 1.82) is 0 Å². The summed E-state index contributed by atoms with van der Waals surface area (Å²) in [5.74, 6) is 1.36. The van der Waals surface area contributed by atoms with Gasteiger partial charge in [0.15, 0.2) is 0 Å². The van der Waals surface area contributed by atoms with E-state index < -0.39 is 0 Å². The molecule has 0 saturated heterocycles. The normalized spacial score (nSPS) is 10.6. The van der Waals surface area contributed by atoms with Gasteiger partial charge in [-0.1, -0.05) is 0 Å². The number of hydrogen-bond donors (Lipinski definition) is 0. The van der Waals surface area contributed by atoms with Crippen LogP contribution in [0.5, 0.6) is 5.75 Å². The van der Waals surface area contributed by atoms with Gasteiger partial charge in [0.1, 0.15) is 17.2 Å². The van der Waals surface area contributed by atoms with Gasteiger partial charge < -0.3 is 9.64 Å². The SMILES string of the molecule is COc1cc(=O)n(C)c2nc(N(C)C)ccc12. The van der Waals surface area contributed by atoms with Crippen LogP contribution < -0.4 is 15.2 Å². The fourth-order valence-electron chi connectivity index (χ4n) is 1.70. The Balaban J connectivity index is 2.84. The maximum atomic E-state index is 11.7. The second-order valence-electron chi connectivity index (χ2n) is 4.05. The molecule has 2 heterocycles. The van der Waals surface area contributed by atoms with Crippen LogP contribution in [0.4, 0.5) is 5.82 Å². The first-order valence-electron chi connectivity index (χ1n) is 5.26. The third-order valence-corrected chi connectivity index (χ3v) is 2.71. The number of methoxy groups -OCH3 is 1. The molecule has 0 N–H and O–H groups in total. The van der Waals surface area contributed by atoms with Gasteiger partial charge in [0.05, 0.1) is 12.5 Å². The lowest BCUT2D eigenvalue weighted by molar-refractivity contribution is 0.418. The molecule has 0 atom stereocenters. The summed E-state index contributed by atoms with van der Waals surface area (Å²) in [6.07, 6.45) is 0. The molecule has 2 aromatic heterocycles. The Bertz CT molecular complexity index is 617. The molecular weight excluding hydrogens is 218 g/mol. The zero-order chi connectivity index (χ0) is 12.6. The summed E-state index contributed by atoms with van der Waals surface area (Å²) < 4.78 is 6.72. The minimum Gasteiger partial charge on any atom is -0.496 e. The molecule has 0 aliphatic rings. The highest BCUT2D eigenvalue weighted by Gasteiger charge is 2.09. The van der Waals surface area contributed by atoms with E-state index in [1.807, 2.05) is 31.1 Å². The summed E-state index contributed by atoms with van der Waals surface area (Å²) in [6.45, 7) is 0. The number of rotatable bonds is 2. The lowest BCUT2D eigenvalue weighted by Gasteiger charge is -2.14. The summed E-state index contributed by atoms with van der Waals surface area (Å²) in [7, 11) is 7.07. The van der Waals surface area contributed by atoms with Gasteiger partial charge in [0, 0.05) is 27.2 Å². The maximum absolute atomic E-state index is 11.7. The fourth-order valence-corrected chi connectivity index (χ4v) is 1.70. The van der Waals surface area contributed by atoms with E-state index in [9.17, 15) is 4.79 Å². The smallest absolute Gasteiger partial charge is 0.255 e. The predicted molar refractivity (Wildman–Crippen MR) is 67.9 cm³/mol. The molecule has 0 amide bonds. The minimum atomic E-state index is -0.127. The van der Waals surface area contributed by atoms with Gasteiger partial charge in [-0.05, 0) is 12.1 Å². The Morgan fingerprint density at radius 3 is 2.65 bits per heavy atom. The second-order valence-corrected chi connectivity index (χ2v) is 4.05. The first-order chi connectivity index (χ1) is 8.04. The van der Waals surface area contributed by atoms with E-state index in [4.69, 9.17) is 4.74 Å². The van der Waals surface area contributed by atoms with E-state index >= 15 is 0 Å². The molecule has 2 rings (SSSR count). The van der Waals surface area contributed by atoms with Crippen molar-refractivity contribution in [3.8, 4) is 5.75 Å². The Labute approximate surface area is 99.3 Å². The van der Waals surface area contributed by atoms with Gasteiger partial charge in [-0.25, -0.2) is 4.98 Å². The number of anilines is 1. The lowest BCUT2D eigenvalue weighted by atomic mass is 10.2. The van der Waals surface area contributed by atoms with Gasteiger partial charge in [-0.2, -0.15) is 0 Å². The van der Waals surface area contributed by atoms with Crippen LogP contribution >= 0.6 is 0 Å². The third kappa shape index (κ3) is 1.84. The van der Waals surface area contributed by atoms with Gasteiger partial charge in [-0.15, -0.1) is 0 Å². The zero-order valence-corrected chi connectivity index (χ0v) is 10.4. The first kappa shape index (κ1) is 11.4. The number of ether oxygens (including phenoxy) is 1. The van der Waals surface area contributed by atoms with Crippen molar-refractivity contribution in [2.45, 2.75) is 0 Å². The molecular formula is C12H15N3O2. The van der Waals surface area contributed by atoms with Crippen LogP contribution in [0.3, 0.4) is 0 Å². The number of fused-ring (bicyclic) bond motifs is 1. The minimum absolute atomic E-state index is 0.127. The standard InChI is InChI=1S/C12H15N3O2/c1-14(2)10-6-5-8-9(17-4)7-11(16)15(3)12(8)13-10/h5-7H,1-4H3. The van der Waals surface area contributed by atoms with Gasteiger partial charge in [0.25, 0.3) is 5.56 Å². The summed E-state index contributed by atoms with van der Waals surface area (Å²) in [5.41, 5.74) is 0.498. The molecule has 0 aromatic carbocycles. The predicted octanol–water partition coefficient (Wildman–Crippen LogP) is 1.01. The van der Waals surface area contributed by atoms with Crippen molar-refractivity contribution in [3.63, 3.8) is 0 Å². The Morgan fingerprint density at radius 1 is 1.35 bits per heavy atom. The average Bonchev–Trinajstić information content (AvgIpc) is 2.33. The molecule has 0 aliphatic heterocycles. The van der Waals surface area contributed by atoms with Crippen LogP contribution in [0.15, 0.2) is 23.0 Å². The molecule has 2 aromatic rings. The van der Waals surface area contributed by atoms with E-state index in [-0.39, 0.29) is 5.56 Å². The van der Waals surface area contributed by atoms with Crippen LogP contribution in [0.1, 0.15) is 0 Å². The summed E-state index contributed by atoms with van der Waals surface area (Å²) in [5, 5.41) is 0.834. The molecule has 5 heteroatoms. The number of pyridine rings is 2. The molecule has 17 heavy (non-hydrogen) atoms. The van der Waals surface area contributed by atoms with Crippen LogP contribution in [0.25, 0.3) is 11.0 Å². The molecule has 0 fully saturated rings. The first-order valence-corrected chi connectivity index (χ1v) is 5.26. The Hall–Kier alpha value is -2.04. The number of aromatic nitrogens is 2. The number of hydrogen-bond acceptors (Lipinski definition) is 4. The van der Waals surface area contributed by atoms with Gasteiger partial charge in [-0.3, -0.25) is 9.36 Å².